The summed E-state index contributed by atoms with van der Waals surface area (Å²) in [5, 5.41) is 15.1. The smallest absolute Gasteiger partial charge is 0.390 e. The molecule has 8 heteroatoms. The van der Waals surface area contributed by atoms with Gasteiger partial charge in [-0.1, -0.05) is 0 Å². The average Bonchev–Trinajstić information content (AvgIpc) is 2.88. The number of aliphatic imine (C=N–C) groups is 1. The molecule has 0 fully saturated rings. The van der Waals surface area contributed by atoms with Crippen LogP contribution in [0, 0.1) is 0 Å². The number of halogens is 3. The Morgan fingerprint density at radius 3 is 2.75 bits per heavy atom. The van der Waals surface area contributed by atoms with Crippen LogP contribution in [-0.4, -0.2) is 36.9 Å². The Balaban J connectivity index is 2.45. The minimum atomic E-state index is -4.21. The van der Waals surface area contributed by atoms with Crippen molar-refractivity contribution in [3.63, 3.8) is 0 Å². The lowest BCUT2D eigenvalue weighted by Crippen LogP contribution is -2.39. The van der Waals surface area contributed by atoms with Crippen LogP contribution in [0.25, 0.3) is 0 Å². The molecule has 0 bridgehead atoms. The summed E-state index contributed by atoms with van der Waals surface area (Å²) in [6.07, 6.45) is -4.66. The molecule has 5 nitrogen and oxygen atoms in total. The van der Waals surface area contributed by atoms with E-state index in [1.807, 2.05) is 0 Å². The van der Waals surface area contributed by atoms with E-state index in [-0.39, 0.29) is 19.0 Å². The first kappa shape index (κ1) is 16.4. The highest BCUT2D eigenvalue weighted by molar-refractivity contribution is 5.79. The minimum Gasteiger partial charge on any atom is -0.467 e. The molecule has 0 amide bonds. The number of rotatable bonds is 6. The van der Waals surface area contributed by atoms with E-state index in [1.165, 1.54) is 6.26 Å². The van der Waals surface area contributed by atoms with E-state index < -0.39 is 18.7 Å². The summed E-state index contributed by atoms with van der Waals surface area (Å²) in [6, 6.07) is 3.24. The highest BCUT2D eigenvalue weighted by Gasteiger charge is 2.26. The number of hydrogen-bond donors (Lipinski definition) is 3. The van der Waals surface area contributed by atoms with E-state index in [9.17, 15) is 18.3 Å². The van der Waals surface area contributed by atoms with E-state index in [0.717, 1.165) is 0 Å². The Morgan fingerprint density at radius 1 is 1.45 bits per heavy atom. The minimum absolute atomic E-state index is 0.00509. The van der Waals surface area contributed by atoms with Gasteiger partial charge in [-0.3, -0.25) is 4.99 Å². The van der Waals surface area contributed by atoms with Crippen molar-refractivity contribution >= 4 is 5.96 Å². The van der Waals surface area contributed by atoms with Crippen molar-refractivity contribution in [2.75, 3.05) is 19.6 Å². The zero-order chi connectivity index (χ0) is 15.0. The van der Waals surface area contributed by atoms with Crippen LogP contribution in [0.15, 0.2) is 27.8 Å². The second-order valence-electron chi connectivity index (χ2n) is 4.04. The molecule has 0 aliphatic rings. The first-order valence-corrected chi connectivity index (χ1v) is 6.22. The highest BCUT2D eigenvalue weighted by atomic mass is 19.4. The fourth-order valence-electron chi connectivity index (χ4n) is 1.41. The molecular formula is C12H18F3N3O2. The predicted molar refractivity (Wildman–Crippen MR) is 68.3 cm³/mol. The summed E-state index contributed by atoms with van der Waals surface area (Å²) in [7, 11) is 0. The fourth-order valence-corrected chi connectivity index (χ4v) is 1.41. The van der Waals surface area contributed by atoms with E-state index >= 15 is 0 Å². The van der Waals surface area contributed by atoms with Gasteiger partial charge in [0, 0.05) is 13.1 Å². The Kier molecular flexibility index (Phi) is 6.37. The lowest BCUT2D eigenvalue weighted by atomic mass is 10.3. The van der Waals surface area contributed by atoms with Gasteiger partial charge in [0.05, 0.1) is 19.2 Å². The van der Waals surface area contributed by atoms with Crippen LogP contribution in [-0.2, 0) is 0 Å². The molecule has 0 aromatic carbocycles. The van der Waals surface area contributed by atoms with Gasteiger partial charge >= 0.3 is 6.18 Å². The van der Waals surface area contributed by atoms with Crippen molar-refractivity contribution < 1.29 is 22.7 Å². The standard InChI is InChI=1S/C12H18F3N3O2/c1-2-16-11(17-6-5-12(13,14)15)18-8-9(19)10-4-3-7-20-10/h3-4,7,9,19H,2,5-6,8H2,1H3,(H2,16,17,18). The number of alkyl halides is 3. The Morgan fingerprint density at radius 2 is 2.20 bits per heavy atom. The van der Waals surface area contributed by atoms with Crippen LogP contribution in [0.4, 0.5) is 13.2 Å². The number of furan rings is 1. The van der Waals surface area contributed by atoms with Gasteiger partial charge in [-0.2, -0.15) is 13.2 Å². The van der Waals surface area contributed by atoms with Gasteiger partial charge in [0.25, 0.3) is 0 Å². The Labute approximate surface area is 114 Å². The van der Waals surface area contributed by atoms with Gasteiger partial charge < -0.3 is 20.2 Å². The molecule has 3 N–H and O–H groups in total. The zero-order valence-electron chi connectivity index (χ0n) is 11.1. The Bertz CT molecular complexity index is 405. The molecule has 1 rings (SSSR count). The van der Waals surface area contributed by atoms with Crippen molar-refractivity contribution in [2.45, 2.75) is 25.6 Å². The molecule has 20 heavy (non-hydrogen) atoms. The van der Waals surface area contributed by atoms with E-state index in [1.54, 1.807) is 19.1 Å². The molecule has 0 spiro atoms. The monoisotopic (exact) mass is 293 g/mol. The Hall–Kier alpha value is -1.70. The van der Waals surface area contributed by atoms with Crippen LogP contribution < -0.4 is 10.6 Å². The maximum Gasteiger partial charge on any atom is 0.390 e. The van der Waals surface area contributed by atoms with Crippen molar-refractivity contribution in [1.82, 2.24) is 10.6 Å². The fraction of sp³-hybridized carbons (Fsp3) is 0.583. The predicted octanol–water partition coefficient (Wildman–Crippen LogP) is 1.82. The van der Waals surface area contributed by atoms with Crippen molar-refractivity contribution in [3.8, 4) is 0 Å². The molecule has 0 saturated heterocycles. The maximum absolute atomic E-state index is 12.0. The van der Waals surface area contributed by atoms with Gasteiger partial charge in [-0.05, 0) is 19.1 Å². The van der Waals surface area contributed by atoms with Crippen LogP contribution in [0.2, 0.25) is 0 Å². The number of nitrogens with zero attached hydrogens (tertiary/aromatic N) is 1. The lowest BCUT2D eigenvalue weighted by Gasteiger charge is -2.13. The topological polar surface area (TPSA) is 69.8 Å². The third kappa shape index (κ3) is 6.46. The summed E-state index contributed by atoms with van der Waals surface area (Å²) in [5.74, 6) is 0.585. The average molecular weight is 293 g/mol. The number of hydrogen-bond acceptors (Lipinski definition) is 3. The van der Waals surface area contributed by atoms with E-state index in [2.05, 4.69) is 15.6 Å². The van der Waals surface area contributed by atoms with Gasteiger partial charge in [0.15, 0.2) is 5.96 Å². The van der Waals surface area contributed by atoms with Crippen molar-refractivity contribution in [1.29, 1.82) is 0 Å². The first-order chi connectivity index (χ1) is 9.42. The summed E-state index contributed by atoms with van der Waals surface area (Å²) >= 11 is 0. The second kappa shape index (κ2) is 7.78. The van der Waals surface area contributed by atoms with Gasteiger partial charge in [0.2, 0.25) is 0 Å². The molecule has 1 aromatic heterocycles. The lowest BCUT2D eigenvalue weighted by molar-refractivity contribution is -0.132. The SMILES string of the molecule is CCNC(=NCC(O)c1ccco1)NCCC(F)(F)F. The molecule has 0 aliphatic carbocycles. The van der Waals surface area contributed by atoms with E-state index in [0.29, 0.717) is 12.3 Å². The van der Waals surface area contributed by atoms with Crippen LogP contribution in [0.3, 0.4) is 0 Å². The van der Waals surface area contributed by atoms with Crippen molar-refractivity contribution in [3.05, 3.63) is 24.2 Å². The molecule has 1 atom stereocenters. The first-order valence-electron chi connectivity index (χ1n) is 6.22. The van der Waals surface area contributed by atoms with Crippen LogP contribution in [0.5, 0.6) is 0 Å². The molecule has 0 radical (unpaired) electrons. The van der Waals surface area contributed by atoms with Gasteiger partial charge in [-0.25, -0.2) is 0 Å². The van der Waals surface area contributed by atoms with Crippen molar-refractivity contribution in [2.24, 2.45) is 4.99 Å². The summed E-state index contributed by atoms with van der Waals surface area (Å²) in [4.78, 5) is 4.01. The quantitative estimate of drug-likeness (QED) is 0.553. The van der Waals surface area contributed by atoms with Crippen LogP contribution in [0.1, 0.15) is 25.2 Å². The molecule has 1 heterocycles. The third-order valence-corrected chi connectivity index (χ3v) is 2.34. The summed E-state index contributed by atoms with van der Waals surface area (Å²) < 4.78 is 41.1. The number of guanidine groups is 1. The highest BCUT2D eigenvalue weighted by Crippen LogP contribution is 2.18. The van der Waals surface area contributed by atoms with Gasteiger partial charge in [-0.15, -0.1) is 0 Å². The molecule has 0 aliphatic heterocycles. The number of aliphatic hydroxyl groups is 1. The molecule has 0 saturated carbocycles. The molecule has 1 aromatic rings. The summed E-state index contributed by atoms with van der Waals surface area (Å²) in [6.45, 7) is 2.03. The number of aliphatic hydroxyl groups excluding tert-OH is 1. The summed E-state index contributed by atoms with van der Waals surface area (Å²) in [5.41, 5.74) is 0. The zero-order valence-corrected chi connectivity index (χ0v) is 11.1. The van der Waals surface area contributed by atoms with Gasteiger partial charge in [0.1, 0.15) is 11.9 Å². The second-order valence-corrected chi connectivity index (χ2v) is 4.04. The molecule has 1 unspecified atom stereocenters. The normalized spacial score (nSPS) is 14.2. The molecule has 114 valence electrons. The maximum atomic E-state index is 12.0. The molecular weight excluding hydrogens is 275 g/mol. The van der Waals surface area contributed by atoms with Crippen LogP contribution >= 0.6 is 0 Å². The number of nitrogens with one attached hydrogen (secondary N) is 2. The largest absolute Gasteiger partial charge is 0.467 e. The third-order valence-electron chi connectivity index (χ3n) is 2.34. The van der Waals surface area contributed by atoms with E-state index in [4.69, 9.17) is 4.42 Å².